The molecule has 0 aliphatic rings. The van der Waals surface area contributed by atoms with Crippen LogP contribution in [0.4, 0.5) is 25.1 Å². The Morgan fingerprint density at radius 2 is 1.68 bits per heavy atom. The van der Waals surface area contributed by atoms with Crippen molar-refractivity contribution in [1.82, 2.24) is 0 Å². The first-order valence-electron chi connectivity index (χ1n) is 4.41. The normalized spacial score (nSPS) is 15.5. The number of hydrogen-bond acceptors (Lipinski definition) is 2. The van der Waals surface area contributed by atoms with Gasteiger partial charge in [0.2, 0.25) is 0 Å². The molecular formula is C8H7F5NO4S+. The maximum absolute atomic E-state index is 12.7. The van der Waals surface area contributed by atoms with E-state index in [4.69, 9.17) is 10.3 Å². The lowest BCUT2D eigenvalue weighted by atomic mass is 10.1. The van der Waals surface area contributed by atoms with E-state index in [9.17, 15) is 29.1 Å². The topological polar surface area (TPSA) is 77.6 Å². The number of halogens is 5. The Hall–Kier alpha value is -1.91. The second-order valence-electron chi connectivity index (χ2n) is 3.68. The van der Waals surface area contributed by atoms with Crippen LogP contribution in [-0.4, -0.2) is 21.2 Å². The van der Waals surface area contributed by atoms with Crippen LogP contribution in [0.3, 0.4) is 0 Å². The van der Waals surface area contributed by atoms with Crippen molar-refractivity contribution in [2.75, 3.05) is 0 Å². The zero-order valence-corrected chi connectivity index (χ0v) is 9.93. The van der Waals surface area contributed by atoms with E-state index in [1.54, 1.807) is 0 Å². The quantitative estimate of drug-likeness (QED) is 0.649. The Bertz CT molecular complexity index is 597. The number of rotatable bonds is 3. The van der Waals surface area contributed by atoms with Crippen LogP contribution in [0.1, 0.15) is 15.9 Å². The molecule has 0 bridgehead atoms. The highest BCUT2D eigenvalue weighted by Gasteiger charge is 2.69. The second-order valence-corrected chi connectivity index (χ2v) is 6.06. The molecule has 0 spiro atoms. The van der Waals surface area contributed by atoms with Gasteiger partial charge in [0.05, 0.1) is 10.5 Å². The zero-order valence-electron chi connectivity index (χ0n) is 9.11. The van der Waals surface area contributed by atoms with Crippen LogP contribution in [0, 0.1) is 11.8 Å². The molecule has 0 aliphatic heterocycles. The largest absolute Gasteiger partial charge is 0.478 e. The van der Waals surface area contributed by atoms with Gasteiger partial charge in [0.1, 0.15) is 0 Å². The molecule has 11 heteroatoms. The van der Waals surface area contributed by atoms with E-state index in [-0.39, 0.29) is 12.1 Å². The molecule has 0 radical (unpaired) electrons. The van der Waals surface area contributed by atoms with Gasteiger partial charge in [-0.1, -0.05) is 19.4 Å². The summed E-state index contributed by atoms with van der Waals surface area (Å²) in [5.41, 5.74) is -3.31. The number of carbonyl (C=O) groups is 1. The van der Waals surface area contributed by atoms with Gasteiger partial charge in [0.25, 0.3) is 4.92 Å². The molecule has 1 rings (SSSR count). The van der Waals surface area contributed by atoms with Gasteiger partial charge in [-0.25, -0.2) is 10.0 Å². The van der Waals surface area contributed by atoms with Crippen LogP contribution >= 0.6 is 10.2 Å². The molecule has 0 atom stereocenters. The minimum absolute atomic E-state index is 0.0396. The Kier molecular flexibility index (Phi) is 2.67. The van der Waals surface area contributed by atoms with Gasteiger partial charge in [-0.2, -0.15) is 0 Å². The number of aryl methyl sites for hydroxylation is 1. The molecule has 0 fully saturated rings. The molecule has 1 aromatic rings. The third kappa shape index (κ3) is 3.10. The number of carboxylic acids is 1. The molecule has 5 nitrogen and oxygen atoms in total. The van der Waals surface area contributed by atoms with E-state index in [2.05, 4.69) is 0 Å². The maximum atomic E-state index is 12.7. The van der Waals surface area contributed by atoms with Gasteiger partial charge >= 0.3 is 21.9 Å². The van der Waals surface area contributed by atoms with Crippen LogP contribution in [-0.2, 0) is 0 Å². The molecule has 0 unspecified atom stereocenters. The first kappa shape index (κ1) is 15.1. The number of aromatic carboxylic acids is 1. The average Bonchev–Trinajstić information content (AvgIpc) is 2.12. The van der Waals surface area contributed by atoms with Crippen molar-refractivity contribution in [3.05, 3.63) is 28.2 Å². The van der Waals surface area contributed by atoms with Crippen molar-refractivity contribution < 1.29 is 39.5 Å². The summed E-state index contributed by atoms with van der Waals surface area (Å²) >= 11 is 0. The fourth-order valence-electron chi connectivity index (χ4n) is 1.36. The van der Waals surface area contributed by atoms with Crippen molar-refractivity contribution in [2.45, 2.75) is 11.8 Å². The van der Waals surface area contributed by atoms with Crippen LogP contribution in [0.15, 0.2) is 17.0 Å². The number of benzene rings is 1. The van der Waals surface area contributed by atoms with Gasteiger partial charge in [0, 0.05) is 6.07 Å². The predicted molar refractivity (Wildman–Crippen MR) is 54.6 cm³/mol. The van der Waals surface area contributed by atoms with E-state index in [0.29, 0.717) is 0 Å². The van der Waals surface area contributed by atoms with Crippen LogP contribution in [0.5, 0.6) is 0 Å². The number of carboxylic acid groups (broad SMARTS) is 1. The van der Waals surface area contributed by atoms with E-state index in [1.807, 2.05) is 0 Å². The summed E-state index contributed by atoms with van der Waals surface area (Å²) in [7, 11) is -10.2. The van der Waals surface area contributed by atoms with Crippen LogP contribution in [0.2, 0.25) is 0 Å². The highest BCUT2D eigenvalue weighted by Crippen LogP contribution is 3.03. The monoisotopic (exact) mass is 308 g/mol. The van der Waals surface area contributed by atoms with Gasteiger partial charge in [0.15, 0.2) is 4.90 Å². The Labute approximate surface area is 102 Å². The van der Waals surface area contributed by atoms with Gasteiger partial charge in [-0.05, 0) is 18.6 Å². The smallest absolute Gasteiger partial charge is 0.339 e. The summed E-state index contributed by atoms with van der Waals surface area (Å²) in [5.74, 6) is -1.73. The van der Waals surface area contributed by atoms with Crippen LogP contribution < -0.4 is 0 Å². The third-order valence-corrected chi connectivity index (χ3v) is 3.32. The van der Waals surface area contributed by atoms with E-state index >= 15 is 0 Å². The fraction of sp³-hybridized carbons (Fsp3) is 0.125. The molecule has 0 aromatic heterocycles. The minimum Gasteiger partial charge on any atom is -0.478 e. The molecule has 0 saturated carbocycles. The van der Waals surface area contributed by atoms with Crippen molar-refractivity contribution >= 4 is 21.9 Å². The summed E-state index contributed by atoms with van der Waals surface area (Å²) in [5, 5.41) is 17.1. The van der Waals surface area contributed by atoms with Crippen molar-refractivity contribution in [3.63, 3.8) is 0 Å². The second kappa shape index (κ2) is 3.35. The van der Waals surface area contributed by atoms with Crippen molar-refractivity contribution in [3.8, 4) is 0 Å². The summed E-state index contributed by atoms with van der Waals surface area (Å²) in [4.78, 5) is 17.1. The highest BCUT2D eigenvalue weighted by molar-refractivity contribution is 8.45. The first-order chi connectivity index (χ1) is 8.13. The predicted octanol–water partition coefficient (Wildman–Crippen LogP) is 4.15. The van der Waals surface area contributed by atoms with Crippen LogP contribution in [0.25, 0.3) is 0 Å². The van der Waals surface area contributed by atoms with Gasteiger partial charge in [-0.15, -0.1) is 0 Å². The zero-order chi connectivity index (χ0) is 15.3. The SMILES string of the molecule is Cc1cc(S(F)(F)(F)(F)F)c([N+](=O)O)cc1C(=O)O. The summed E-state index contributed by atoms with van der Waals surface area (Å²) in [6.07, 6.45) is 0. The fourth-order valence-corrected chi connectivity index (χ4v) is 2.29. The summed E-state index contributed by atoms with van der Waals surface area (Å²) in [6.45, 7) is 0.854. The van der Waals surface area contributed by atoms with Gasteiger partial charge < -0.3 is 5.11 Å². The molecule has 108 valence electrons. The Morgan fingerprint density at radius 3 is 2.00 bits per heavy atom. The number of hydrogen-bond donors (Lipinski definition) is 2. The Balaban J connectivity index is 3.84. The Morgan fingerprint density at radius 1 is 1.21 bits per heavy atom. The lowest BCUT2D eigenvalue weighted by Gasteiger charge is -2.39. The van der Waals surface area contributed by atoms with E-state index < -0.39 is 42.8 Å². The molecule has 0 amide bonds. The minimum atomic E-state index is -10.2. The average molecular weight is 308 g/mol. The lowest BCUT2D eigenvalue weighted by Crippen LogP contribution is -2.12. The van der Waals surface area contributed by atoms with E-state index in [1.165, 1.54) is 0 Å². The first-order valence-corrected chi connectivity index (χ1v) is 6.37. The maximum Gasteiger partial charge on any atom is 0.339 e. The number of nitrogens with zero attached hydrogens (tertiary/aromatic N) is 1. The molecule has 0 heterocycles. The van der Waals surface area contributed by atoms with E-state index in [0.717, 1.165) is 6.92 Å². The molecular weight excluding hydrogens is 301 g/mol. The molecule has 19 heavy (non-hydrogen) atoms. The highest BCUT2D eigenvalue weighted by atomic mass is 32.5. The van der Waals surface area contributed by atoms with Crippen molar-refractivity contribution in [1.29, 1.82) is 0 Å². The summed E-state index contributed by atoms with van der Waals surface area (Å²) in [6, 6.07) is -0.140. The van der Waals surface area contributed by atoms with Crippen molar-refractivity contribution in [2.24, 2.45) is 0 Å². The molecule has 0 aliphatic carbocycles. The molecule has 1 aromatic carbocycles. The lowest BCUT2D eigenvalue weighted by molar-refractivity contribution is -0.731. The van der Waals surface area contributed by atoms with Gasteiger partial charge in [-0.3, -0.25) is 0 Å². The summed E-state index contributed by atoms with van der Waals surface area (Å²) < 4.78 is 63.3. The third-order valence-electron chi connectivity index (χ3n) is 2.16. The standard InChI is InChI=1S/C8H6F5NO4S/c1-4-2-7(19(9,10,11,12)13)6(14(17)18)3-5(4)8(15)16/h2-3H,1H3,(H-,15,16,17,18)/p+1. The molecule has 0 saturated heterocycles. The molecule has 2 N–H and O–H groups in total.